The maximum Gasteiger partial charge on any atom is 0.192 e. The molecule has 2 aliphatic rings. The Morgan fingerprint density at radius 1 is 1.03 bits per heavy atom. The monoisotopic (exact) mass is 440 g/mol. The molecule has 0 spiro atoms. The van der Waals surface area contributed by atoms with Gasteiger partial charge in [-0.3, -0.25) is 0 Å². The topological polar surface area (TPSA) is 49.7 Å². The summed E-state index contributed by atoms with van der Waals surface area (Å²) in [6.45, 7) is 16.0. The molecule has 2 saturated carbocycles. The molecule has 2 N–H and O–H groups in total. The normalized spacial score (nSPS) is 32.1. The Labute approximate surface area is 188 Å². The Balaban J connectivity index is 2.07. The van der Waals surface area contributed by atoms with E-state index in [-0.39, 0.29) is 0 Å². The van der Waals surface area contributed by atoms with Gasteiger partial charge in [0.15, 0.2) is 8.32 Å². The van der Waals surface area contributed by atoms with E-state index < -0.39 is 20.0 Å². The fourth-order valence-corrected chi connectivity index (χ4v) is 10.1. The molecule has 178 valence electrons. The first-order valence-corrected chi connectivity index (χ1v) is 15.7. The Hall–Kier alpha value is 0.0969. The van der Waals surface area contributed by atoms with Crippen LogP contribution in [0.1, 0.15) is 106 Å². The zero-order valence-electron chi connectivity index (χ0n) is 21.2. The fourth-order valence-electron chi connectivity index (χ4n) is 7.21. The highest BCUT2D eigenvalue weighted by Crippen LogP contribution is 2.59. The van der Waals surface area contributed by atoms with E-state index in [0.29, 0.717) is 35.7 Å². The Morgan fingerprint density at radius 2 is 1.63 bits per heavy atom. The summed E-state index contributed by atoms with van der Waals surface area (Å²) in [7, 11) is -1.58. The second-order valence-corrected chi connectivity index (χ2v) is 15.8. The van der Waals surface area contributed by atoms with E-state index in [1.54, 1.807) is 0 Å². The van der Waals surface area contributed by atoms with Gasteiger partial charge in [-0.15, -0.1) is 0 Å². The minimum absolute atomic E-state index is 0.350. The van der Waals surface area contributed by atoms with E-state index in [9.17, 15) is 10.2 Å². The molecular formula is C26H52O3Si. The number of rotatable bonds is 12. The summed E-state index contributed by atoms with van der Waals surface area (Å²) in [5.41, 5.74) is -0.358. The Bertz CT molecular complexity index is 508. The molecule has 0 unspecified atom stereocenters. The van der Waals surface area contributed by atoms with Crippen molar-refractivity contribution in [3.8, 4) is 0 Å². The molecule has 6 atom stereocenters. The molecule has 0 aromatic carbocycles. The summed E-state index contributed by atoms with van der Waals surface area (Å²) >= 11 is 0. The molecule has 0 amide bonds. The lowest BCUT2D eigenvalue weighted by atomic mass is 9.61. The van der Waals surface area contributed by atoms with Crippen LogP contribution in [-0.4, -0.2) is 36.3 Å². The van der Waals surface area contributed by atoms with Crippen molar-refractivity contribution < 1.29 is 14.6 Å². The lowest BCUT2D eigenvalue weighted by Gasteiger charge is -2.49. The molecule has 0 aliphatic heterocycles. The van der Waals surface area contributed by atoms with Crippen LogP contribution in [0.2, 0.25) is 18.1 Å². The smallest absolute Gasteiger partial charge is 0.192 e. The molecule has 0 heterocycles. The molecule has 30 heavy (non-hydrogen) atoms. The zero-order chi connectivity index (χ0) is 22.6. The molecular weight excluding hydrogens is 388 g/mol. The molecule has 3 nitrogen and oxygen atoms in total. The second kappa shape index (κ2) is 10.8. The van der Waals surface area contributed by atoms with Crippen molar-refractivity contribution >= 4 is 8.32 Å². The van der Waals surface area contributed by atoms with E-state index in [1.165, 1.54) is 50.2 Å². The average molecular weight is 441 g/mol. The van der Waals surface area contributed by atoms with Crippen molar-refractivity contribution in [1.82, 2.24) is 0 Å². The fraction of sp³-hybridized carbons (Fsp3) is 1.00. The van der Waals surface area contributed by atoms with Gasteiger partial charge >= 0.3 is 0 Å². The minimum Gasteiger partial charge on any atom is -0.414 e. The van der Waals surface area contributed by atoms with Crippen LogP contribution < -0.4 is 0 Å². The number of hydrogen-bond acceptors (Lipinski definition) is 3. The predicted octanol–water partition coefficient (Wildman–Crippen LogP) is 6.92. The summed E-state index contributed by atoms with van der Waals surface area (Å²) in [4.78, 5) is 0. The number of fused-ring (bicyclic) bond motifs is 1. The Morgan fingerprint density at radius 3 is 2.17 bits per heavy atom. The quantitative estimate of drug-likeness (QED) is 0.324. The summed E-state index contributed by atoms with van der Waals surface area (Å²) in [5.74, 6) is 1.86. The first-order chi connectivity index (χ1) is 14.1. The average Bonchev–Trinajstić information content (AvgIpc) is 3.09. The maximum atomic E-state index is 10.8. The largest absolute Gasteiger partial charge is 0.414 e. The second-order valence-electron chi connectivity index (χ2n) is 11.1. The first-order valence-electron chi connectivity index (χ1n) is 13.2. The van der Waals surface area contributed by atoms with Crippen LogP contribution in [0.4, 0.5) is 0 Å². The first kappa shape index (κ1) is 26.4. The summed E-state index contributed by atoms with van der Waals surface area (Å²) in [6, 6.07) is 3.72. The van der Waals surface area contributed by atoms with Crippen LogP contribution >= 0.6 is 0 Å². The molecule has 0 bridgehead atoms. The van der Waals surface area contributed by atoms with Crippen molar-refractivity contribution in [3.63, 3.8) is 0 Å². The SMILES string of the molecule is CCC(O)(CC)C[C@@H](O)C[C@@H](C)[C@H]1CC[C@H]2[C@@H](O[Si](CC)(CC)CC)CCC[C@]12C. The third kappa shape index (κ3) is 5.53. The van der Waals surface area contributed by atoms with Crippen LogP contribution in [0, 0.1) is 23.2 Å². The highest BCUT2D eigenvalue weighted by molar-refractivity contribution is 6.73. The number of hydrogen-bond donors (Lipinski definition) is 2. The van der Waals surface area contributed by atoms with E-state index in [4.69, 9.17) is 4.43 Å². The van der Waals surface area contributed by atoms with Gasteiger partial charge in [-0.1, -0.05) is 54.9 Å². The molecule has 2 rings (SSSR count). The zero-order valence-corrected chi connectivity index (χ0v) is 22.2. The Kier molecular flexibility index (Phi) is 9.49. The van der Waals surface area contributed by atoms with E-state index in [2.05, 4.69) is 34.6 Å². The van der Waals surface area contributed by atoms with Crippen LogP contribution in [0.5, 0.6) is 0 Å². The molecule has 0 aromatic heterocycles. The van der Waals surface area contributed by atoms with Crippen molar-refractivity contribution in [2.45, 2.75) is 142 Å². The highest BCUT2D eigenvalue weighted by Gasteiger charge is 2.54. The summed E-state index contributed by atoms with van der Waals surface area (Å²) < 4.78 is 7.07. The van der Waals surface area contributed by atoms with Crippen LogP contribution in [0.3, 0.4) is 0 Å². The van der Waals surface area contributed by atoms with Crippen LogP contribution in [-0.2, 0) is 4.43 Å². The van der Waals surface area contributed by atoms with Crippen molar-refractivity contribution in [2.24, 2.45) is 23.2 Å². The van der Waals surface area contributed by atoms with Crippen LogP contribution in [0.25, 0.3) is 0 Å². The third-order valence-corrected chi connectivity index (χ3v) is 14.4. The highest BCUT2D eigenvalue weighted by atomic mass is 28.4. The molecule has 0 aromatic rings. The number of aliphatic hydroxyl groups is 2. The van der Waals surface area contributed by atoms with Gasteiger partial charge in [0.05, 0.1) is 11.7 Å². The van der Waals surface area contributed by atoms with Gasteiger partial charge < -0.3 is 14.6 Å². The molecule has 2 fully saturated rings. The van der Waals surface area contributed by atoms with E-state index >= 15 is 0 Å². The lowest BCUT2D eigenvalue weighted by Crippen LogP contribution is -2.48. The van der Waals surface area contributed by atoms with Crippen molar-refractivity contribution in [1.29, 1.82) is 0 Å². The minimum atomic E-state index is -1.58. The van der Waals surface area contributed by atoms with Gasteiger partial charge in [-0.05, 0) is 86.2 Å². The van der Waals surface area contributed by atoms with Gasteiger partial charge in [-0.2, -0.15) is 0 Å². The summed E-state index contributed by atoms with van der Waals surface area (Å²) in [6.07, 6.45) is 9.25. The van der Waals surface area contributed by atoms with E-state index in [0.717, 1.165) is 19.3 Å². The van der Waals surface area contributed by atoms with Gasteiger partial charge in [0.25, 0.3) is 0 Å². The standard InChI is InChI=1S/C26H52O3Si/c1-8-26(28,9-2)19-21(27)18-20(6)22-15-16-23-24(14-13-17-25(22,23)7)29-30(10-3,11-4)12-5/h20-24,27-28H,8-19H2,1-7H3/t20-,21+,22-,23+,24+,25-/m1/s1. The van der Waals surface area contributed by atoms with Gasteiger partial charge in [0.1, 0.15) is 0 Å². The third-order valence-electron chi connectivity index (χ3n) is 9.73. The molecule has 2 aliphatic carbocycles. The summed E-state index contributed by atoms with van der Waals surface area (Å²) in [5, 5.41) is 21.4. The van der Waals surface area contributed by atoms with Gasteiger partial charge in [0.2, 0.25) is 0 Å². The predicted molar refractivity (Wildman–Crippen MR) is 130 cm³/mol. The van der Waals surface area contributed by atoms with Gasteiger partial charge in [-0.25, -0.2) is 0 Å². The lowest BCUT2D eigenvalue weighted by molar-refractivity contribution is -0.0399. The van der Waals surface area contributed by atoms with Crippen molar-refractivity contribution in [2.75, 3.05) is 0 Å². The molecule has 0 saturated heterocycles. The molecule has 4 heteroatoms. The van der Waals surface area contributed by atoms with Crippen molar-refractivity contribution in [3.05, 3.63) is 0 Å². The maximum absolute atomic E-state index is 10.8. The number of aliphatic hydroxyl groups excluding tert-OH is 1. The van der Waals surface area contributed by atoms with Gasteiger partial charge in [0, 0.05) is 12.5 Å². The molecule has 0 radical (unpaired) electrons. The van der Waals surface area contributed by atoms with E-state index in [1.807, 2.05) is 13.8 Å². The van der Waals surface area contributed by atoms with Crippen LogP contribution in [0.15, 0.2) is 0 Å².